The van der Waals surface area contributed by atoms with Crippen molar-refractivity contribution in [2.24, 2.45) is 0 Å². The van der Waals surface area contributed by atoms with Crippen LogP contribution in [-0.4, -0.2) is 18.2 Å². The van der Waals surface area contributed by atoms with Crippen LogP contribution < -0.4 is 15.0 Å². The van der Waals surface area contributed by atoms with Crippen molar-refractivity contribution in [3.63, 3.8) is 0 Å². The molecule has 0 radical (unpaired) electrons. The van der Waals surface area contributed by atoms with Crippen LogP contribution >= 0.6 is 0 Å². The van der Waals surface area contributed by atoms with Gasteiger partial charge < -0.3 is 10.1 Å². The molecule has 0 saturated carbocycles. The summed E-state index contributed by atoms with van der Waals surface area (Å²) < 4.78 is 42.0. The minimum absolute atomic E-state index is 0.0254. The number of alkyl halides is 3. The van der Waals surface area contributed by atoms with E-state index in [0.29, 0.717) is 11.3 Å². The summed E-state index contributed by atoms with van der Waals surface area (Å²) >= 11 is 0. The Labute approximate surface area is 194 Å². The lowest BCUT2D eigenvalue weighted by Crippen LogP contribution is -2.32. The molecule has 0 aliphatic carbocycles. The topological polar surface area (TPSA) is 58.6 Å². The fourth-order valence-corrected chi connectivity index (χ4v) is 3.91. The lowest BCUT2D eigenvalue weighted by molar-refractivity contribution is -0.274. The van der Waals surface area contributed by atoms with Gasteiger partial charge in [-0.3, -0.25) is 9.59 Å². The molecule has 34 heavy (non-hydrogen) atoms. The van der Waals surface area contributed by atoms with Crippen LogP contribution in [0.25, 0.3) is 5.57 Å². The Balaban J connectivity index is 1.81. The maximum atomic E-state index is 13.6. The van der Waals surface area contributed by atoms with E-state index in [-0.39, 0.29) is 17.0 Å². The zero-order chi connectivity index (χ0) is 24.6. The monoisotopic (exact) mass is 466 g/mol. The molecule has 0 unspecified atom stereocenters. The zero-order valence-corrected chi connectivity index (χ0v) is 18.7. The number of hydrogen-bond donors (Lipinski definition) is 1. The molecule has 0 aromatic heterocycles. The van der Waals surface area contributed by atoms with E-state index in [0.717, 1.165) is 33.7 Å². The van der Waals surface area contributed by atoms with E-state index in [1.165, 1.54) is 12.1 Å². The summed E-state index contributed by atoms with van der Waals surface area (Å²) in [4.78, 5) is 28.1. The maximum absolute atomic E-state index is 13.6. The smallest absolute Gasteiger partial charge is 0.406 e. The normalized spacial score (nSPS) is 14.1. The third-order valence-electron chi connectivity index (χ3n) is 5.33. The molecular formula is C26H21F3N2O3. The second kappa shape index (κ2) is 8.70. The Morgan fingerprint density at radius 2 is 1.53 bits per heavy atom. The van der Waals surface area contributed by atoms with Crippen molar-refractivity contribution in [3.8, 4) is 5.75 Å². The van der Waals surface area contributed by atoms with E-state index in [2.05, 4.69) is 10.1 Å². The standard InChI is InChI=1S/C26H21F3N2O3/c1-15-6-4-8-19(13-15)31-24(32)22(21-11-10-16(2)12-17(21)3)23(25(31)33)30-18-7-5-9-20(14-18)34-26(27,28)29/h4-14,30H,1-3H3. The molecule has 4 rings (SSSR count). The third-order valence-corrected chi connectivity index (χ3v) is 5.33. The van der Waals surface area contributed by atoms with Crippen LogP contribution in [0.2, 0.25) is 0 Å². The number of nitrogens with zero attached hydrogens (tertiary/aromatic N) is 1. The van der Waals surface area contributed by atoms with Gasteiger partial charge in [0.05, 0.1) is 11.3 Å². The van der Waals surface area contributed by atoms with Gasteiger partial charge in [-0.2, -0.15) is 0 Å². The van der Waals surface area contributed by atoms with Gasteiger partial charge in [0.2, 0.25) is 0 Å². The number of rotatable bonds is 5. The Bertz CT molecular complexity index is 1330. The molecule has 2 amide bonds. The van der Waals surface area contributed by atoms with Crippen molar-refractivity contribution in [3.05, 3.63) is 94.7 Å². The zero-order valence-electron chi connectivity index (χ0n) is 18.7. The average Bonchev–Trinajstić information content (AvgIpc) is 2.97. The maximum Gasteiger partial charge on any atom is 0.573 e. The number of aryl methyl sites for hydroxylation is 3. The summed E-state index contributed by atoms with van der Waals surface area (Å²) in [6.07, 6.45) is -4.86. The molecule has 1 aliphatic heterocycles. The summed E-state index contributed by atoms with van der Waals surface area (Å²) in [5, 5.41) is 2.87. The van der Waals surface area contributed by atoms with Crippen LogP contribution in [0.1, 0.15) is 22.3 Å². The van der Waals surface area contributed by atoms with Gasteiger partial charge in [0, 0.05) is 11.8 Å². The number of hydrogen-bond acceptors (Lipinski definition) is 4. The van der Waals surface area contributed by atoms with Gasteiger partial charge in [0.25, 0.3) is 11.8 Å². The minimum Gasteiger partial charge on any atom is -0.406 e. The lowest BCUT2D eigenvalue weighted by atomic mass is 9.97. The predicted molar refractivity (Wildman–Crippen MR) is 123 cm³/mol. The predicted octanol–water partition coefficient (Wildman–Crippen LogP) is 5.91. The van der Waals surface area contributed by atoms with Gasteiger partial charge in [0.1, 0.15) is 11.4 Å². The van der Waals surface area contributed by atoms with Crippen molar-refractivity contribution >= 4 is 28.8 Å². The second-order valence-electron chi connectivity index (χ2n) is 8.05. The molecule has 0 bridgehead atoms. The largest absolute Gasteiger partial charge is 0.573 e. The van der Waals surface area contributed by atoms with Crippen LogP contribution in [0.5, 0.6) is 5.75 Å². The fraction of sp³-hybridized carbons (Fsp3) is 0.154. The number of imide groups is 1. The first-order chi connectivity index (χ1) is 16.0. The molecule has 3 aromatic rings. The highest BCUT2D eigenvalue weighted by atomic mass is 19.4. The summed E-state index contributed by atoms with van der Waals surface area (Å²) in [5.74, 6) is -1.57. The minimum atomic E-state index is -4.86. The quantitative estimate of drug-likeness (QED) is 0.475. The van der Waals surface area contributed by atoms with Crippen molar-refractivity contribution in [1.29, 1.82) is 0 Å². The number of amides is 2. The van der Waals surface area contributed by atoms with E-state index >= 15 is 0 Å². The van der Waals surface area contributed by atoms with Gasteiger partial charge >= 0.3 is 6.36 Å². The van der Waals surface area contributed by atoms with E-state index < -0.39 is 23.9 Å². The van der Waals surface area contributed by atoms with Crippen LogP contribution in [0, 0.1) is 20.8 Å². The number of carbonyl (C=O) groups excluding carboxylic acids is 2. The highest BCUT2D eigenvalue weighted by Crippen LogP contribution is 2.36. The van der Waals surface area contributed by atoms with Crippen LogP contribution in [0.3, 0.4) is 0 Å². The number of carbonyl (C=O) groups is 2. The van der Waals surface area contributed by atoms with Crippen LogP contribution in [0.15, 0.2) is 72.4 Å². The molecule has 1 aliphatic rings. The van der Waals surface area contributed by atoms with Gasteiger partial charge in [0.15, 0.2) is 0 Å². The molecule has 1 heterocycles. The van der Waals surface area contributed by atoms with E-state index in [1.54, 1.807) is 24.3 Å². The molecule has 0 spiro atoms. The second-order valence-corrected chi connectivity index (χ2v) is 8.05. The van der Waals surface area contributed by atoms with Crippen LogP contribution in [-0.2, 0) is 9.59 Å². The van der Waals surface area contributed by atoms with Gasteiger partial charge in [-0.1, -0.05) is 42.0 Å². The Morgan fingerprint density at radius 1 is 0.824 bits per heavy atom. The van der Waals surface area contributed by atoms with Crippen molar-refractivity contribution < 1.29 is 27.5 Å². The highest BCUT2D eigenvalue weighted by Gasteiger charge is 2.41. The Hall–Kier alpha value is -4.07. The highest BCUT2D eigenvalue weighted by molar-refractivity contribution is 6.46. The van der Waals surface area contributed by atoms with Crippen molar-refractivity contribution in [1.82, 2.24) is 0 Å². The Morgan fingerprint density at radius 3 is 2.21 bits per heavy atom. The van der Waals surface area contributed by atoms with Crippen molar-refractivity contribution in [2.45, 2.75) is 27.1 Å². The molecule has 0 saturated heterocycles. The molecule has 3 aromatic carbocycles. The van der Waals surface area contributed by atoms with Gasteiger partial charge in [-0.05, 0) is 61.7 Å². The van der Waals surface area contributed by atoms with E-state index in [9.17, 15) is 22.8 Å². The van der Waals surface area contributed by atoms with Gasteiger partial charge in [-0.15, -0.1) is 13.2 Å². The first kappa shape index (κ1) is 23.1. The number of nitrogens with one attached hydrogen (secondary N) is 1. The fourth-order valence-electron chi connectivity index (χ4n) is 3.91. The van der Waals surface area contributed by atoms with E-state index in [1.807, 2.05) is 39.0 Å². The number of ether oxygens (including phenoxy) is 1. The van der Waals surface area contributed by atoms with E-state index in [4.69, 9.17) is 0 Å². The summed E-state index contributed by atoms with van der Waals surface area (Å²) in [6, 6.07) is 17.6. The SMILES string of the molecule is Cc1cccc(N2C(=O)C(Nc3cccc(OC(F)(F)F)c3)=C(c3ccc(C)cc3C)C2=O)c1. The van der Waals surface area contributed by atoms with Crippen molar-refractivity contribution in [2.75, 3.05) is 10.2 Å². The first-order valence-electron chi connectivity index (χ1n) is 10.4. The molecule has 0 fully saturated rings. The average molecular weight is 466 g/mol. The molecule has 174 valence electrons. The molecular weight excluding hydrogens is 445 g/mol. The number of halogens is 3. The van der Waals surface area contributed by atoms with Crippen LogP contribution in [0.4, 0.5) is 24.5 Å². The summed E-state index contributed by atoms with van der Waals surface area (Å²) in [5.41, 5.74) is 3.90. The Kier molecular flexibility index (Phi) is 5.91. The molecule has 8 heteroatoms. The summed E-state index contributed by atoms with van der Waals surface area (Å²) in [7, 11) is 0. The molecule has 1 N–H and O–H groups in total. The summed E-state index contributed by atoms with van der Waals surface area (Å²) in [6.45, 7) is 5.59. The third kappa shape index (κ3) is 4.66. The molecule has 0 atom stereocenters. The molecule has 5 nitrogen and oxygen atoms in total. The first-order valence-corrected chi connectivity index (χ1v) is 10.4. The lowest BCUT2D eigenvalue weighted by Gasteiger charge is -2.16. The number of benzene rings is 3. The number of anilines is 2. The van der Waals surface area contributed by atoms with Gasteiger partial charge in [-0.25, -0.2) is 4.90 Å².